The third kappa shape index (κ3) is 31.1. The van der Waals surface area contributed by atoms with E-state index in [4.69, 9.17) is 15.0 Å². The zero-order valence-corrected chi connectivity index (χ0v) is 54.4. The highest BCUT2D eigenvalue weighted by atomic mass is 15.2. The molecule has 2 N–H and O–H groups in total. The molecule has 0 spiro atoms. The standard InChI is InChI=1S/C76H127N5/c1-8-14-20-26-32-38-44-50-66-60-70(61-67(51-45-39-33-27-21-15-9-2)72(66)54-48-42-36-30-24-18-12-5)77-75-79-74(65-58-56-64(7)57-59-65)80-76(81-75)78-71-62-68(52-46-40-34-28-22-16-10-3)73(55-49-43-37-31-25-19-13-6)69(63-71)53-47-41-35-29-23-17-11-4/h56-63H,8-55H2,1-7H3,(H2,77,78,79,80,81). The molecule has 4 aromatic rings. The summed E-state index contributed by atoms with van der Waals surface area (Å²) in [6.07, 6.45) is 63.2. The number of aryl methyl sites for hydroxylation is 5. The molecule has 0 atom stereocenters. The fraction of sp³-hybridized carbons (Fsp3) is 0.724. The van der Waals surface area contributed by atoms with E-state index in [1.54, 1.807) is 33.4 Å². The number of rotatable bonds is 53. The lowest BCUT2D eigenvalue weighted by Crippen LogP contribution is -2.09. The third-order valence-electron chi connectivity index (χ3n) is 17.6. The largest absolute Gasteiger partial charge is 0.324 e. The van der Waals surface area contributed by atoms with E-state index in [1.165, 1.54) is 288 Å². The Bertz CT molecular complexity index is 1940. The lowest BCUT2D eigenvalue weighted by molar-refractivity contribution is 0.578. The summed E-state index contributed by atoms with van der Waals surface area (Å²) in [7, 11) is 0. The maximum absolute atomic E-state index is 5.31. The van der Waals surface area contributed by atoms with Gasteiger partial charge in [-0.3, -0.25) is 0 Å². The van der Waals surface area contributed by atoms with Gasteiger partial charge < -0.3 is 10.6 Å². The first-order valence-electron chi connectivity index (χ1n) is 35.6. The highest BCUT2D eigenvalue weighted by Gasteiger charge is 2.17. The predicted octanol–water partition coefficient (Wildman–Crippen LogP) is 25.1. The van der Waals surface area contributed by atoms with Gasteiger partial charge in [0.25, 0.3) is 0 Å². The van der Waals surface area contributed by atoms with Gasteiger partial charge >= 0.3 is 0 Å². The Morgan fingerprint density at radius 1 is 0.272 bits per heavy atom. The highest BCUT2D eigenvalue weighted by molar-refractivity contribution is 5.66. The second-order valence-corrected chi connectivity index (χ2v) is 25.2. The number of hydrogen-bond acceptors (Lipinski definition) is 5. The quantitative estimate of drug-likeness (QED) is 0.0432. The van der Waals surface area contributed by atoms with Crippen LogP contribution in [-0.4, -0.2) is 15.0 Å². The molecule has 0 saturated carbocycles. The summed E-state index contributed by atoms with van der Waals surface area (Å²) in [5, 5.41) is 7.77. The summed E-state index contributed by atoms with van der Waals surface area (Å²) in [4.78, 5) is 15.8. The summed E-state index contributed by atoms with van der Waals surface area (Å²) in [6, 6.07) is 18.7. The van der Waals surface area contributed by atoms with Gasteiger partial charge in [-0.15, -0.1) is 0 Å². The Balaban J connectivity index is 1.76. The maximum Gasteiger partial charge on any atom is 0.232 e. The van der Waals surface area contributed by atoms with E-state index in [1.807, 2.05) is 0 Å². The molecule has 81 heavy (non-hydrogen) atoms. The molecule has 0 amide bonds. The number of nitrogens with one attached hydrogen (secondary N) is 2. The number of hydrogen-bond donors (Lipinski definition) is 2. The summed E-state index contributed by atoms with van der Waals surface area (Å²) in [5.41, 5.74) is 14.0. The van der Waals surface area contributed by atoms with E-state index in [2.05, 4.69) is 108 Å². The summed E-state index contributed by atoms with van der Waals surface area (Å²) < 4.78 is 0. The van der Waals surface area contributed by atoms with Crippen LogP contribution < -0.4 is 10.6 Å². The molecule has 456 valence electrons. The molecule has 5 nitrogen and oxygen atoms in total. The summed E-state index contributed by atoms with van der Waals surface area (Å²) in [5.74, 6) is 1.95. The molecule has 0 bridgehead atoms. The van der Waals surface area contributed by atoms with E-state index in [-0.39, 0.29) is 0 Å². The molecular weight excluding hydrogens is 983 g/mol. The molecule has 0 aliphatic heterocycles. The normalized spacial score (nSPS) is 11.5. The number of benzene rings is 3. The van der Waals surface area contributed by atoms with Gasteiger partial charge in [0.15, 0.2) is 5.82 Å². The average molecular weight is 1110 g/mol. The van der Waals surface area contributed by atoms with Gasteiger partial charge in [0, 0.05) is 16.9 Å². The number of nitrogens with zero attached hydrogens (tertiary/aromatic N) is 3. The highest BCUT2D eigenvalue weighted by Crippen LogP contribution is 2.33. The molecule has 0 aliphatic rings. The van der Waals surface area contributed by atoms with Crippen LogP contribution in [-0.2, 0) is 38.5 Å². The number of unbranched alkanes of at least 4 members (excludes halogenated alkanes) is 36. The zero-order valence-electron chi connectivity index (χ0n) is 54.4. The van der Waals surface area contributed by atoms with E-state index in [9.17, 15) is 0 Å². The van der Waals surface area contributed by atoms with Crippen molar-refractivity contribution in [3.05, 3.63) is 87.5 Å². The van der Waals surface area contributed by atoms with Crippen LogP contribution in [0.25, 0.3) is 11.4 Å². The Kier molecular flexibility index (Phi) is 40.2. The number of aromatic nitrogens is 3. The van der Waals surface area contributed by atoms with Gasteiger partial charge in [0.05, 0.1) is 0 Å². The van der Waals surface area contributed by atoms with Crippen molar-refractivity contribution in [2.24, 2.45) is 0 Å². The van der Waals surface area contributed by atoms with Crippen LogP contribution >= 0.6 is 0 Å². The molecule has 0 unspecified atom stereocenters. The molecule has 0 aliphatic carbocycles. The zero-order chi connectivity index (χ0) is 57.6. The smallest absolute Gasteiger partial charge is 0.232 e. The van der Waals surface area contributed by atoms with Crippen LogP contribution in [0.2, 0.25) is 0 Å². The average Bonchev–Trinajstić information content (AvgIpc) is 3.47. The van der Waals surface area contributed by atoms with E-state index >= 15 is 0 Å². The van der Waals surface area contributed by atoms with Crippen molar-refractivity contribution in [3.63, 3.8) is 0 Å². The predicted molar refractivity (Wildman–Crippen MR) is 360 cm³/mol. The molecule has 1 aromatic heterocycles. The molecule has 4 rings (SSSR count). The topological polar surface area (TPSA) is 62.7 Å². The third-order valence-corrected chi connectivity index (χ3v) is 17.6. The lowest BCUT2D eigenvalue weighted by Gasteiger charge is -2.20. The van der Waals surface area contributed by atoms with Gasteiger partial charge in [-0.2, -0.15) is 15.0 Å². The van der Waals surface area contributed by atoms with Crippen LogP contribution in [0.5, 0.6) is 0 Å². The fourth-order valence-electron chi connectivity index (χ4n) is 12.5. The fourth-order valence-corrected chi connectivity index (χ4v) is 12.5. The second-order valence-electron chi connectivity index (χ2n) is 25.2. The van der Waals surface area contributed by atoms with Crippen LogP contribution in [0, 0.1) is 6.92 Å². The first-order valence-corrected chi connectivity index (χ1v) is 35.6. The monoisotopic (exact) mass is 1110 g/mol. The molecule has 1 heterocycles. The molecule has 0 saturated heterocycles. The molecular formula is C76H127N5. The van der Waals surface area contributed by atoms with E-state index < -0.39 is 0 Å². The molecule has 5 heteroatoms. The van der Waals surface area contributed by atoms with Crippen molar-refractivity contribution in [1.29, 1.82) is 0 Å². The van der Waals surface area contributed by atoms with E-state index in [0.29, 0.717) is 17.7 Å². The Morgan fingerprint density at radius 2 is 0.506 bits per heavy atom. The van der Waals surface area contributed by atoms with Crippen LogP contribution in [0.15, 0.2) is 48.5 Å². The number of anilines is 4. The molecule has 0 radical (unpaired) electrons. The van der Waals surface area contributed by atoms with Gasteiger partial charge in [-0.05, 0) is 142 Å². The minimum atomic E-state index is 0.619. The second kappa shape index (κ2) is 46.6. The molecule has 3 aromatic carbocycles. The van der Waals surface area contributed by atoms with Crippen molar-refractivity contribution in [1.82, 2.24) is 15.0 Å². The SMILES string of the molecule is CCCCCCCCCc1cc(Nc2nc(Nc3cc(CCCCCCCCC)c(CCCCCCCCC)c(CCCCCCCCC)c3)nc(-c3ccc(C)cc3)n2)cc(CCCCCCCCC)c1CCCCCCCCC. The lowest BCUT2D eigenvalue weighted by atomic mass is 9.89. The van der Waals surface area contributed by atoms with Gasteiger partial charge in [-0.1, -0.05) is 303 Å². The minimum absolute atomic E-state index is 0.619. The van der Waals surface area contributed by atoms with E-state index in [0.717, 1.165) is 42.6 Å². The van der Waals surface area contributed by atoms with Crippen molar-refractivity contribution < 1.29 is 0 Å². The Labute approximate surface area is 501 Å². The Morgan fingerprint density at radius 3 is 0.765 bits per heavy atom. The summed E-state index contributed by atoms with van der Waals surface area (Å²) in [6.45, 7) is 16.1. The van der Waals surface area contributed by atoms with Gasteiger partial charge in [0.1, 0.15) is 0 Å². The van der Waals surface area contributed by atoms with Crippen molar-refractivity contribution in [2.45, 2.75) is 357 Å². The van der Waals surface area contributed by atoms with Crippen molar-refractivity contribution in [3.8, 4) is 11.4 Å². The Hall–Kier alpha value is -3.73. The van der Waals surface area contributed by atoms with Crippen LogP contribution in [0.3, 0.4) is 0 Å². The molecule has 0 fully saturated rings. The first-order chi connectivity index (χ1) is 39.9. The van der Waals surface area contributed by atoms with Crippen molar-refractivity contribution >= 4 is 23.3 Å². The van der Waals surface area contributed by atoms with Crippen LogP contribution in [0.4, 0.5) is 23.3 Å². The van der Waals surface area contributed by atoms with Gasteiger partial charge in [0.2, 0.25) is 11.9 Å². The maximum atomic E-state index is 5.31. The van der Waals surface area contributed by atoms with Gasteiger partial charge in [-0.25, -0.2) is 0 Å². The first kappa shape index (κ1) is 69.8. The van der Waals surface area contributed by atoms with Crippen molar-refractivity contribution in [2.75, 3.05) is 10.6 Å². The minimum Gasteiger partial charge on any atom is -0.324 e. The van der Waals surface area contributed by atoms with Crippen LogP contribution in [0.1, 0.15) is 350 Å². The summed E-state index contributed by atoms with van der Waals surface area (Å²) >= 11 is 0.